The van der Waals surface area contributed by atoms with Crippen LogP contribution >= 0.6 is 0 Å². The molecule has 3 aromatic carbocycles. The van der Waals surface area contributed by atoms with Crippen molar-refractivity contribution in [1.82, 2.24) is 5.32 Å². The van der Waals surface area contributed by atoms with Crippen LogP contribution < -0.4 is 14.8 Å². The molecule has 142 valence electrons. The van der Waals surface area contributed by atoms with E-state index in [0.717, 1.165) is 5.75 Å². The molecular weight excluding hydrogens is 354 g/mol. The highest BCUT2D eigenvalue weighted by molar-refractivity contribution is 5.94. The summed E-state index contributed by atoms with van der Waals surface area (Å²) in [6, 6.07) is 23.7. The number of aliphatic hydroxyl groups is 1. The Hall–Kier alpha value is -3.31. The Morgan fingerprint density at radius 2 is 1.64 bits per heavy atom. The fourth-order valence-corrected chi connectivity index (χ4v) is 3.25. The molecule has 1 aliphatic rings. The third-order valence-electron chi connectivity index (χ3n) is 4.80. The Morgan fingerprint density at radius 3 is 2.43 bits per heavy atom. The van der Waals surface area contributed by atoms with Gasteiger partial charge in [0.25, 0.3) is 5.91 Å². The summed E-state index contributed by atoms with van der Waals surface area (Å²) in [5, 5.41) is 13.8. The van der Waals surface area contributed by atoms with Gasteiger partial charge in [0.15, 0.2) is 0 Å². The summed E-state index contributed by atoms with van der Waals surface area (Å²) in [6.45, 7) is 0.531. The molecule has 0 fully saturated rings. The molecule has 3 aromatic rings. The maximum Gasteiger partial charge on any atom is 0.251 e. The molecule has 0 saturated carbocycles. The molecule has 1 aliphatic heterocycles. The Bertz CT molecular complexity index is 956. The van der Waals surface area contributed by atoms with Gasteiger partial charge in [-0.15, -0.1) is 0 Å². The van der Waals surface area contributed by atoms with Crippen LogP contribution in [0.25, 0.3) is 0 Å². The summed E-state index contributed by atoms with van der Waals surface area (Å²) in [5.74, 6) is 1.80. The second-order valence-corrected chi connectivity index (χ2v) is 6.75. The van der Waals surface area contributed by atoms with Crippen LogP contribution in [-0.2, 0) is 5.60 Å². The Balaban J connectivity index is 1.40. The zero-order chi connectivity index (χ0) is 19.4. The molecule has 0 aromatic heterocycles. The lowest BCUT2D eigenvalue weighted by Crippen LogP contribution is -2.43. The third kappa shape index (κ3) is 3.85. The second kappa shape index (κ2) is 7.74. The maximum absolute atomic E-state index is 12.5. The lowest BCUT2D eigenvalue weighted by atomic mass is 9.88. The molecule has 2 N–H and O–H groups in total. The number of benzene rings is 3. The molecule has 28 heavy (non-hydrogen) atoms. The van der Waals surface area contributed by atoms with E-state index in [9.17, 15) is 9.90 Å². The second-order valence-electron chi connectivity index (χ2n) is 6.75. The first-order chi connectivity index (χ1) is 13.6. The zero-order valence-electron chi connectivity index (χ0n) is 15.3. The summed E-state index contributed by atoms with van der Waals surface area (Å²) in [5.41, 5.74) is 0.0680. The summed E-state index contributed by atoms with van der Waals surface area (Å²) in [4.78, 5) is 12.5. The average molecular weight is 375 g/mol. The molecule has 5 nitrogen and oxygen atoms in total. The third-order valence-corrected chi connectivity index (χ3v) is 4.80. The van der Waals surface area contributed by atoms with E-state index in [1.165, 1.54) is 0 Å². The molecule has 0 radical (unpaired) electrons. The molecule has 0 aliphatic carbocycles. The van der Waals surface area contributed by atoms with Gasteiger partial charge in [-0.2, -0.15) is 0 Å². The number of rotatable bonds is 5. The molecule has 0 bridgehead atoms. The van der Waals surface area contributed by atoms with Gasteiger partial charge in [-0.1, -0.05) is 36.4 Å². The van der Waals surface area contributed by atoms with E-state index in [4.69, 9.17) is 9.47 Å². The average Bonchev–Trinajstić information content (AvgIpc) is 2.74. The monoisotopic (exact) mass is 375 g/mol. The minimum absolute atomic E-state index is 0.120. The molecule has 0 saturated heterocycles. The van der Waals surface area contributed by atoms with Crippen molar-refractivity contribution in [1.29, 1.82) is 0 Å². The molecule has 1 heterocycles. The van der Waals surface area contributed by atoms with Gasteiger partial charge in [0.2, 0.25) is 0 Å². The SMILES string of the molecule is O=C(NCC1(O)CCOc2ccccc21)c1ccc(Oc2ccccc2)cc1. The van der Waals surface area contributed by atoms with Gasteiger partial charge >= 0.3 is 0 Å². The predicted molar refractivity (Wildman–Crippen MR) is 106 cm³/mol. The van der Waals surface area contributed by atoms with Crippen molar-refractivity contribution >= 4 is 5.91 Å². The van der Waals surface area contributed by atoms with Gasteiger partial charge < -0.3 is 19.9 Å². The standard InChI is InChI=1S/C23H21NO4/c25-22(17-10-12-19(13-11-17)28-18-6-2-1-3-7-18)24-16-23(26)14-15-27-21-9-5-4-8-20(21)23/h1-13,26H,14-16H2,(H,24,25). The molecule has 1 unspecified atom stereocenters. The fraction of sp³-hybridized carbons (Fsp3) is 0.174. The predicted octanol–water partition coefficient (Wildman–Crippen LogP) is 3.88. The van der Waals surface area contributed by atoms with Gasteiger partial charge in [-0.3, -0.25) is 4.79 Å². The number of ether oxygens (including phenoxy) is 2. The summed E-state index contributed by atoms with van der Waals surface area (Å²) in [6.07, 6.45) is 0.425. The van der Waals surface area contributed by atoms with E-state index in [0.29, 0.717) is 35.7 Å². The van der Waals surface area contributed by atoms with Crippen molar-refractivity contribution in [3.63, 3.8) is 0 Å². The number of hydrogen-bond donors (Lipinski definition) is 2. The van der Waals surface area contributed by atoms with Gasteiger partial charge in [0, 0.05) is 17.5 Å². The van der Waals surface area contributed by atoms with Crippen molar-refractivity contribution in [3.8, 4) is 17.2 Å². The van der Waals surface area contributed by atoms with E-state index in [1.807, 2.05) is 54.6 Å². The van der Waals surface area contributed by atoms with Crippen LogP contribution in [-0.4, -0.2) is 24.2 Å². The van der Waals surface area contributed by atoms with Gasteiger partial charge in [0.1, 0.15) is 22.8 Å². The van der Waals surface area contributed by atoms with E-state index < -0.39 is 5.60 Å². The summed E-state index contributed by atoms with van der Waals surface area (Å²) < 4.78 is 11.3. The molecule has 5 heteroatoms. The van der Waals surface area contributed by atoms with Crippen LogP contribution in [0.2, 0.25) is 0 Å². The molecular formula is C23H21NO4. The number of carbonyl (C=O) groups excluding carboxylic acids is 1. The highest BCUT2D eigenvalue weighted by Gasteiger charge is 2.35. The van der Waals surface area contributed by atoms with E-state index in [1.54, 1.807) is 24.3 Å². The highest BCUT2D eigenvalue weighted by Crippen LogP contribution is 2.36. The summed E-state index contributed by atoms with van der Waals surface area (Å²) in [7, 11) is 0. The van der Waals surface area contributed by atoms with E-state index in [-0.39, 0.29) is 12.5 Å². The minimum Gasteiger partial charge on any atom is -0.493 e. The van der Waals surface area contributed by atoms with Crippen molar-refractivity contribution in [2.45, 2.75) is 12.0 Å². The van der Waals surface area contributed by atoms with Gasteiger partial charge in [-0.05, 0) is 42.5 Å². The van der Waals surface area contributed by atoms with Gasteiger partial charge in [0.05, 0.1) is 13.2 Å². The fourth-order valence-electron chi connectivity index (χ4n) is 3.25. The highest BCUT2D eigenvalue weighted by atomic mass is 16.5. The largest absolute Gasteiger partial charge is 0.493 e. The van der Waals surface area contributed by atoms with Crippen molar-refractivity contribution in [3.05, 3.63) is 90.0 Å². The van der Waals surface area contributed by atoms with Crippen molar-refractivity contribution < 1.29 is 19.4 Å². The van der Waals surface area contributed by atoms with Crippen molar-refractivity contribution in [2.75, 3.05) is 13.2 Å². The number of nitrogens with one attached hydrogen (secondary N) is 1. The van der Waals surface area contributed by atoms with E-state index in [2.05, 4.69) is 5.32 Å². The van der Waals surface area contributed by atoms with Crippen LogP contribution in [0.5, 0.6) is 17.2 Å². The van der Waals surface area contributed by atoms with Crippen LogP contribution in [0.4, 0.5) is 0 Å². The lowest BCUT2D eigenvalue weighted by molar-refractivity contribution is -0.00160. The summed E-state index contributed by atoms with van der Waals surface area (Å²) >= 11 is 0. The Labute approximate surface area is 163 Å². The zero-order valence-corrected chi connectivity index (χ0v) is 15.3. The lowest BCUT2D eigenvalue weighted by Gasteiger charge is -2.34. The van der Waals surface area contributed by atoms with Gasteiger partial charge in [-0.25, -0.2) is 0 Å². The first-order valence-corrected chi connectivity index (χ1v) is 9.20. The quantitative estimate of drug-likeness (QED) is 0.710. The van der Waals surface area contributed by atoms with Crippen LogP contribution in [0.1, 0.15) is 22.3 Å². The number of carbonyl (C=O) groups is 1. The smallest absolute Gasteiger partial charge is 0.251 e. The number of amides is 1. The molecule has 1 amide bonds. The molecule has 1 atom stereocenters. The van der Waals surface area contributed by atoms with Crippen LogP contribution in [0.15, 0.2) is 78.9 Å². The molecule has 0 spiro atoms. The van der Waals surface area contributed by atoms with E-state index >= 15 is 0 Å². The number of fused-ring (bicyclic) bond motifs is 1. The Morgan fingerprint density at radius 1 is 0.964 bits per heavy atom. The number of para-hydroxylation sites is 2. The Kier molecular flexibility index (Phi) is 5.00. The van der Waals surface area contributed by atoms with Crippen LogP contribution in [0, 0.1) is 0 Å². The minimum atomic E-state index is -1.14. The normalized spacial score (nSPS) is 17.9. The number of hydrogen-bond acceptors (Lipinski definition) is 4. The first-order valence-electron chi connectivity index (χ1n) is 9.20. The maximum atomic E-state index is 12.5. The van der Waals surface area contributed by atoms with Crippen LogP contribution in [0.3, 0.4) is 0 Å². The topological polar surface area (TPSA) is 67.8 Å². The van der Waals surface area contributed by atoms with Crippen molar-refractivity contribution in [2.24, 2.45) is 0 Å². The molecule has 4 rings (SSSR count). The first kappa shape index (κ1) is 18.1.